The number of amides is 1. The van der Waals surface area contributed by atoms with E-state index in [1.54, 1.807) is 18.2 Å². The fourth-order valence-corrected chi connectivity index (χ4v) is 2.74. The predicted octanol–water partition coefficient (Wildman–Crippen LogP) is 4.76. The molecule has 0 saturated heterocycles. The van der Waals surface area contributed by atoms with Gasteiger partial charge in [-0.25, -0.2) is 0 Å². The van der Waals surface area contributed by atoms with Crippen LogP contribution in [0, 0.1) is 0 Å². The molecular formula is C25H26N2O4. The highest BCUT2D eigenvalue weighted by Crippen LogP contribution is 2.23. The van der Waals surface area contributed by atoms with Crippen LogP contribution < -0.4 is 24.8 Å². The zero-order valence-electron chi connectivity index (χ0n) is 17.3. The Hall–Kier alpha value is -3.93. The average molecular weight is 418 g/mol. The van der Waals surface area contributed by atoms with Gasteiger partial charge in [-0.1, -0.05) is 43.0 Å². The molecule has 6 nitrogen and oxygen atoms in total. The van der Waals surface area contributed by atoms with Gasteiger partial charge < -0.3 is 24.8 Å². The van der Waals surface area contributed by atoms with E-state index in [-0.39, 0.29) is 12.5 Å². The number of benzene rings is 3. The summed E-state index contributed by atoms with van der Waals surface area (Å²) in [6, 6.07) is 24.3. The summed E-state index contributed by atoms with van der Waals surface area (Å²) in [5.74, 6) is 2.03. The monoisotopic (exact) mass is 418 g/mol. The van der Waals surface area contributed by atoms with Gasteiger partial charge in [0.15, 0.2) is 0 Å². The third kappa shape index (κ3) is 7.44. The largest absolute Gasteiger partial charge is 0.490 e. The number of nitrogens with one attached hydrogen (secondary N) is 2. The van der Waals surface area contributed by atoms with Crippen LogP contribution in [-0.4, -0.2) is 32.3 Å². The molecule has 3 rings (SSSR count). The maximum Gasteiger partial charge on any atom is 0.243 e. The molecule has 0 aliphatic heterocycles. The van der Waals surface area contributed by atoms with Gasteiger partial charge in [0.1, 0.15) is 37.1 Å². The summed E-state index contributed by atoms with van der Waals surface area (Å²) in [5, 5.41) is 5.94. The van der Waals surface area contributed by atoms with Gasteiger partial charge in [0.05, 0.1) is 12.2 Å². The Bertz CT molecular complexity index is 959. The highest BCUT2D eigenvalue weighted by molar-refractivity contribution is 5.94. The van der Waals surface area contributed by atoms with Crippen LogP contribution in [0.2, 0.25) is 0 Å². The topological polar surface area (TPSA) is 68.8 Å². The molecule has 0 radical (unpaired) electrons. The number of ether oxygens (including phenoxy) is 3. The van der Waals surface area contributed by atoms with Crippen molar-refractivity contribution in [2.45, 2.75) is 0 Å². The van der Waals surface area contributed by atoms with Crippen LogP contribution in [0.25, 0.3) is 0 Å². The summed E-state index contributed by atoms with van der Waals surface area (Å²) in [6.45, 7) is 5.04. The first-order chi connectivity index (χ1) is 15.2. The fourth-order valence-electron chi connectivity index (χ4n) is 2.74. The molecule has 0 atom stereocenters. The van der Waals surface area contributed by atoms with E-state index in [4.69, 9.17) is 14.2 Å². The second-order valence-electron chi connectivity index (χ2n) is 6.53. The second-order valence-corrected chi connectivity index (χ2v) is 6.53. The lowest BCUT2D eigenvalue weighted by Crippen LogP contribution is -2.22. The van der Waals surface area contributed by atoms with Crippen LogP contribution in [-0.2, 0) is 4.79 Å². The maximum absolute atomic E-state index is 12.3. The number of carbonyl (C=O) groups is 1. The SMILES string of the molecule is C=CCOc1ccccc1NCC(=O)Nc1ccc(OCCOc2ccccc2)cc1. The Morgan fingerprint density at radius 2 is 1.45 bits per heavy atom. The van der Waals surface area contributed by atoms with Crippen molar-refractivity contribution in [3.8, 4) is 17.2 Å². The average Bonchev–Trinajstić information content (AvgIpc) is 2.81. The number of hydrogen-bond acceptors (Lipinski definition) is 5. The van der Waals surface area contributed by atoms with Crippen molar-refractivity contribution in [3.05, 3.63) is 91.5 Å². The molecular weight excluding hydrogens is 392 g/mol. The van der Waals surface area contributed by atoms with Crippen molar-refractivity contribution in [3.63, 3.8) is 0 Å². The summed E-state index contributed by atoms with van der Waals surface area (Å²) in [5.41, 5.74) is 1.44. The number of hydrogen-bond donors (Lipinski definition) is 2. The summed E-state index contributed by atoms with van der Waals surface area (Å²) in [6.07, 6.45) is 1.67. The third-order valence-electron chi connectivity index (χ3n) is 4.19. The second kappa shape index (κ2) is 11.9. The molecule has 31 heavy (non-hydrogen) atoms. The minimum Gasteiger partial charge on any atom is -0.490 e. The first kappa shape index (κ1) is 21.8. The molecule has 0 saturated carbocycles. The van der Waals surface area contributed by atoms with Crippen molar-refractivity contribution in [2.24, 2.45) is 0 Å². The molecule has 2 N–H and O–H groups in total. The minimum atomic E-state index is -0.163. The number of anilines is 2. The Balaban J connectivity index is 1.40. The Morgan fingerprint density at radius 1 is 0.806 bits per heavy atom. The Morgan fingerprint density at radius 3 is 2.16 bits per heavy atom. The van der Waals surface area contributed by atoms with Gasteiger partial charge in [-0.05, 0) is 48.5 Å². The summed E-state index contributed by atoms with van der Waals surface area (Å²) < 4.78 is 16.8. The molecule has 3 aromatic carbocycles. The standard InChI is InChI=1S/C25H26N2O4/c1-2-16-31-24-11-7-6-10-23(24)26-19-25(28)27-20-12-14-22(15-13-20)30-18-17-29-21-8-4-3-5-9-21/h2-15,26H,1,16-19H2,(H,27,28). The summed E-state index contributed by atoms with van der Waals surface area (Å²) in [7, 11) is 0. The van der Waals surface area contributed by atoms with E-state index in [2.05, 4.69) is 17.2 Å². The molecule has 3 aromatic rings. The van der Waals surface area contributed by atoms with Crippen LogP contribution in [0.1, 0.15) is 0 Å². The predicted molar refractivity (Wildman–Crippen MR) is 123 cm³/mol. The molecule has 1 amide bonds. The fraction of sp³-hybridized carbons (Fsp3) is 0.160. The summed E-state index contributed by atoms with van der Waals surface area (Å²) in [4.78, 5) is 12.3. The van der Waals surface area contributed by atoms with Gasteiger partial charge in [0.25, 0.3) is 0 Å². The van der Waals surface area contributed by atoms with E-state index >= 15 is 0 Å². The zero-order valence-corrected chi connectivity index (χ0v) is 17.3. The molecule has 160 valence electrons. The molecule has 0 heterocycles. The maximum atomic E-state index is 12.3. The Kier molecular flexibility index (Phi) is 8.37. The number of para-hydroxylation sites is 3. The van der Waals surface area contributed by atoms with E-state index < -0.39 is 0 Å². The van der Waals surface area contributed by atoms with E-state index in [0.29, 0.717) is 37.0 Å². The van der Waals surface area contributed by atoms with Gasteiger partial charge in [-0.3, -0.25) is 4.79 Å². The minimum absolute atomic E-state index is 0.115. The van der Waals surface area contributed by atoms with Crippen LogP contribution in [0.15, 0.2) is 91.5 Å². The smallest absolute Gasteiger partial charge is 0.243 e. The molecule has 0 aliphatic carbocycles. The molecule has 6 heteroatoms. The van der Waals surface area contributed by atoms with Crippen molar-refractivity contribution in [2.75, 3.05) is 37.0 Å². The van der Waals surface area contributed by atoms with Gasteiger partial charge in [-0.2, -0.15) is 0 Å². The normalized spacial score (nSPS) is 10.1. The lowest BCUT2D eigenvalue weighted by atomic mass is 10.3. The van der Waals surface area contributed by atoms with Crippen LogP contribution in [0.5, 0.6) is 17.2 Å². The molecule has 0 aliphatic rings. The van der Waals surface area contributed by atoms with E-state index in [1.165, 1.54) is 0 Å². The molecule has 0 aromatic heterocycles. The number of rotatable bonds is 12. The molecule has 0 spiro atoms. The van der Waals surface area contributed by atoms with Crippen molar-refractivity contribution in [1.82, 2.24) is 0 Å². The van der Waals surface area contributed by atoms with Crippen LogP contribution in [0.3, 0.4) is 0 Å². The van der Waals surface area contributed by atoms with Crippen LogP contribution in [0.4, 0.5) is 11.4 Å². The van der Waals surface area contributed by atoms with E-state index in [9.17, 15) is 4.79 Å². The van der Waals surface area contributed by atoms with Gasteiger partial charge in [-0.15, -0.1) is 0 Å². The Labute approximate surface area is 182 Å². The van der Waals surface area contributed by atoms with Crippen molar-refractivity contribution >= 4 is 17.3 Å². The molecule has 0 bridgehead atoms. The first-order valence-electron chi connectivity index (χ1n) is 10.0. The quantitative estimate of drug-likeness (QED) is 0.328. The van der Waals surface area contributed by atoms with Crippen LogP contribution >= 0.6 is 0 Å². The lowest BCUT2D eigenvalue weighted by molar-refractivity contribution is -0.114. The van der Waals surface area contributed by atoms with Gasteiger partial charge in [0, 0.05) is 5.69 Å². The van der Waals surface area contributed by atoms with Gasteiger partial charge in [0.2, 0.25) is 5.91 Å². The molecule has 0 fully saturated rings. The number of carbonyl (C=O) groups excluding carboxylic acids is 1. The van der Waals surface area contributed by atoms with Gasteiger partial charge >= 0.3 is 0 Å². The first-order valence-corrected chi connectivity index (χ1v) is 10.0. The highest BCUT2D eigenvalue weighted by Gasteiger charge is 2.06. The van der Waals surface area contributed by atoms with Crippen molar-refractivity contribution in [1.29, 1.82) is 0 Å². The van der Waals surface area contributed by atoms with E-state index in [1.807, 2.05) is 66.7 Å². The zero-order chi connectivity index (χ0) is 21.7. The lowest BCUT2D eigenvalue weighted by Gasteiger charge is -2.12. The van der Waals surface area contributed by atoms with Crippen molar-refractivity contribution < 1.29 is 19.0 Å². The van der Waals surface area contributed by atoms with E-state index in [0.717, 1.165) is 11.4 Å². The summed E-state index contributed by atoms with van der Waals surface area (Å²) >= 11 is 0. The third-order valence-corrected chi connectivity index (χ3v) is 4.19. The highest BCUT2D eigenvalue weighted by atomic mass is 16.5. The molecule has 0 unspecified atom stereocenters.